The van der Waals surface area contributed by atoms with Gasteiger partial charge in [0.2, 0.25) is 5.91 Å². The zero-order valence-corrected chi connectivity index (χ0v) is 13.6. The van der Waals surface area contributed by atoms with Crippen molar-refractivity contribution < 1.29 is 29.0 Å². The number of hydrogen-bond donors (Lipinski definition) is 2. The third-order valence-electron chi connectivity index (χ3n) is 4.33. The number of rotatable bonds is 4. The summed E-state index contributed by atoms with van der Waals surface area (Å²) in [6.07, 6.45) is -0.435. The first-order chi connectivity index (χ1) is 12.0. The van der Waals surface area contributed by atoms with Gasteiger partial charge in [0, 0.05) is 19.4 Å². The molecule has 8 heteroatoms. The SMILES string of the molecule is O=C1CCC(Oc2ccc(C[C@H]3COCCN3C(=O)O)cc2)C(=O)N1. The molecule has 1 unspecified atom stereocenters. The monoisotopic (exact) mass is 348 g/mol. The number of carbonyl (C=O) groups excluding carboxylic acids is 2. The van der Waals surface area contributed by atoms with E-state index in [1.165, 1.54) is 4.90 Å². The molecule has 2 atom stereocenters. The van der Waals surface area contributed by atoms with E-state index in [1.807, 2.05) is 12.1 Å². The average molecular weight is 348 g/mol. The van der Waals surface area contributed by atoms with Crippen LogP contribution in [0.3, 0.4) is 0 Å². The van der Waals surface area contributed by atoms with Crippen molar-refractivity contribution in [2.45, 2.75) is 31.4 Å². The first kappa shape index (κ1) is 17.2. The molecule has 0 saturated carbocycles. The summed E-state index contributed by atoms with van der Waals surface area (Å²) < 4.78 is 11.0. The Balaban J connectivity index is 1.59. The van der Waals surface area contributed by atoms with E-state index in [4.69, 9.17) is 9.47 Å². The van der Waals surface area contributed by atoms with Crippen LogP contribution in [0.5, 0.6) is 5.75 Å². The Hall–Kier alpha value is -2.61. The molecule has 0 aromatic heterocycles. The van der Waals surface area contributed by atoms with Crippen LogP contribution < -0.4 is 10.1 Å². The highest BCUT2D eigenvalue weighted by atomic mass is 16.5. The molecule has 0 spiro atoms. The number of morpholine rings is 1. The van der Waals surface area contributed by atoms with Crippen molar-refractivity contribution in [1.82, 2.24) is 10.2 Å². The Bertz CT molecular complexity index is 660. The molecule has 2 aliphatic rings. The predicted molar refractivity (Wildman–Crippen MR) is 86.3 cm³/mol. The number of imide groups is 1. The Labute approximate surface area is 144 Å². The van der Waals surface area contributed by atoms with E-state index in [9.17, 15) is 19.5 Å². The number of benzene rings is 1. The molecule has 3 amide bonds. The summed E-state index contributed by atoms with van der Waals surface area (Å²) in [4.78, 5) is 35.5. The first-order valence-corrected chi connectivity index (χ1v) is 8.19. The molecule has 3 rings (SSSR count). The molecule has 0 aliphatic carbocycles. The minimum Gasteiger partial charge on any atom is -0.481 e. The van der Waals surface area contributed by atoms with Gasteiger partial charge in [-0.3, -0.25) is 14.9 Å². The minimum absolute atomic E-state index is 0.215. The lowest BCUT2D eigenvalue weighted by molar-refractivity contribution is -0.138. The topological polar surface area (TPSA) is 105 Å². The van der Waals surface area contributed by atoms with Crippen LogP contribution in [0, 0.1) is 0 Å². The second kappa shape index (κ2) is 7.52. The zero-order valence-electron chi connectivity index (χ0n) is 13.6. The van der Waals surface area contributed by atoms with E-state index in [1.54, 1.807) is 12.1 Å². The van der Waals surface area contributed by atoms with Crippen molar-refractivity contribution in [3.63, 3.8) is 0 Å². The summed E-state index contributed by atoms with van der Waals surface area (Å²) in [5.41, 5.74) is 0.956. The molecule has 2 aliphatic heterocycles. The third-order valence-corrected chi connectivity index (χ3v) is 4.33. The number of ether oxygens (including phenoxy) is 2. The molecule has 134 valence electrons. The second-order valence-corrected chi connectivity index (χ2v) is 6.11. The number of hydrogen-bond acceptors (Lipinski definition) is 5. The largest absolute Gasteiger partial charge is 0.481 e. The molecular weight excluding hydrogens is 328 g/mol. The standard InChI is InChI=1S/C17H20N2O6/c20-15-6-5-14(16(21)18-15)25-13-3-1-11(2-4-13)9-12-10-24-8-7-19(12)17(22)23/h1-4,12,14H,5-10H2,(H,22,23)(H,18,20,21)/t12-,14?/m0/s1. The molecule has 25 heavy (non-hydrogen) atoms. The Morgan fingerprint density at radius 1 is 1.32 bits per heavy atom. The van der Waals surface area contributed by atoms with Gasteiger partial charge in [-0.25, -0.2) is 4.79 Å². The molecule has 2 N–H and O–H groups in total. The summed E-state index contributed by atoms with van der Waals surface area (Å²) in [6, 6.07) is 6.96. The van der Waals surface area contributed by atoms with Gasteiger partial charge >= 0.3 is 6.09 Å². The van der Waals surface area contributed by atoms with E-state index in [0.29, 0.717) is 38.3 Å². The fourth-order valence-corrected chi connectivity index (χ4v) is 3.00. The quantitative estimate of drug-likeness (QED) is 0.780. The van der Waals surface area contributed by atoms with Gasteiger partial charge < -0.3 is 19.5 Å². The van der Waals surface area contributed by atoms with Crippen molar-refractivity contribution in [3.05, 3.63) is 29.8 Å². The maximum atomic E-state index is 11.7. The van der Waals surface area contributed by atoms with Crippen LogP contribution in [0.4, 0.5) is 4.79 Å². The second-order valence-electron chi connectivity index (χ2n) is 6.11. The number of nitrogens with one attached hydrogen (secondary N) is 1. The summed E-state index contributed by atoms with van der Waals surface area (Å²) in [7, 11) is 0. The summed E-state index contributed by atoms with van der Waals surface area (Å²) in [5.74, 6) is -0.164. The van der Waals surface area contributed by atoms with Crippen LogP contribution >= 0.6 is 0 Å². The van der Waals surface area contributed by atoms with Gasteiger partial charge in [0.05, 0.1) is 19.3 Å². The molecule has 0 radical (unpaired) electrons. The van der Waals surface area contributed by atoms with Gasteiger partial charge in [-0.1, -0.05) is 12.1 Å². The van der Waals surface area contributed by atoms with E-state index in [2.05, 4.69) is 5.32 Å². The molecule has 2 heterocycles. The summed E-state index contributed by atoms with van der Waals surface area (Å²) in [6.45, 7) is 1.17. The van der Waals surface area contributed by atoms with Gasteiger partial charge in [-0.15, -0.1) is 0 Å². The van der Waals surface area contributed by atoms with Gasteiger partial charge in [0.25, 0.3) is 5.91 Å². The lowest BCUT2D eigenvalue weighted by Gasteiger charge is -2.33. The smallest absolute Gasteiger partial charge is 0.407 e. The predicted octanol–water partition coefficient (Wildman–Crippen LogP) is 0.792. The number of amides is 3. The number of nitrogens with zero attached hydrogens (tertiary/aromatic N) is 1. The fraction of sp³-hybridized carbons (Fsp3) is 0.471. The maximum Gasteiger partial charge on any atom is 0.407 e. The lowest BCUT2D eigenvalue weighted by atomic mass is 10.0. The fourth-order valence-electron chi connectivity index (χ4n) is 3.00. The Morgan fingerprint density at radius 2 is 2.08 bits per heavy atom. The zero-order chi connectivity index (χ0) is 17.8. The van der Waals surface area contributed by atoms with Crippen LogP contribution in [0.2, 0.25) is 0 Å². The third kappa shape index (κ3) is 4.27. The molecule has 2 fully saturated rings. The van der Waals surface area contributed by atoms with Crippen LogP contribution in [0.15, 0.2) is 24.3 Å². The molecule has 8 nitrogen and oxygen atoms in total. The number of carbonyl (C=O) groups is 3. The van der Waals surface area contributed by atoms with Crippen molar-refractivity contribution in [1.29, 1.82) is 0 Å². The highest BCUT2D eigenvalue weighted by Crippen LogP contribution is 2.20. The molecule has 1 aromatic carbocycles. The first-order valence-electron chi connectivity index (χ1n) is 8.19. The molecule has 0 bridgehead atoms. The maximum absolute atomic E-state index is 11.7. The average Bonchev–Trinajstić information content (AvgIpc) is 2.59. The van der Waals surface area contributed by atoms with Gasteiger partial charge in [0.15, 0.2) is 6.10 Å². The van der Waals surface area contributed by atoms with Crippen LogP contribution in [-0.4, -0.2) is 59.8 Å². The molecule has 1 aromatic rings. The van der Waals surface area contributed by atoms with Crippen LogP contribution in [0.1, 0.15) is 18.4 Å². The van der Waals surface area contributed by atoms with Crippen molar-refractivity contribution in [2.75, 3.05) is 19.8 Å². The van der Waals surface area contributed by atoms with Crippen molar-refractivity contribution in [3.8, 4) is 5.75 Å². The van der Waals surface area contributed by atoms with Crippen molar-refractivity contribution >= 4 is 17.9 Å². The lowest BCUT2D eigenvalue weighted by Crippen LogP contribution is -2.49. The normalized spacial score (nSPS) is 23.9. The summed E-state index contributed by atoms with van der Waals surface area (Å²) in [5, 5.41) is 11.5. The van der Waals surface area contributed by atoms with E-state index >= 15 is 0 Å². The number of carboxylic acid groups (broad SMARTS) is 1. The van der Waals surface area contributed by atoms with Crippen LogP contribution in [0.25, 0.3) is 0 Å². The van der Waals surface area contributed by atoms with Gasteiger partial charge in [-0.2, -0.15) is 0 Å². The molecular formula is C17H20N2O6. The van der Waals surface area contributed by atoms with Gasteiger partial charge in [-0.05, 0) is 24.1 Å². The van der Waals surface area contributed by atoms with Crippen molar-refractivity contribution in [2.24, 2.45) is 0 Å². The summed E-state index contributed by atoms with van der Waals surface area (Å²) >= 11 is 0. The van der Waals surface area contributed by atoms with Gasteiger partial charge in [0.1, 0.15) is 5.75 Å². The minimum atomic E-state index is -0.939. The Kier molecular flexibility index (Phi) is 5.18. The number of piperidine rings is 1. The van der Waals surface area contributed by atoms with E-state index in [0.717, 1.165) is 5.56 Å². The van der Waals surface area contributed by atoms with E-state index < -0.39 is 18.1 Å². The highest BCUT2D eigenvalue weighted by Gasteiger charge is 2.29. The van der Waals surface area contributed by atoms with Crippen LogP contribution in [-0.2, 0) is 20.7 Å². The molecule has 2 saturated heterocycles. The Morgan fingerprint density at radius 3 is 2.76 bits per heavy atom. The van der Waals surface area contributed by atoms with E-state index in [-0.39, 0.29) is 18.4 Å². The highest BCUT2D eigenvalue weighted by molar-refractivity contribution is 5.99.